The lowest BCUT2D eigenvalue weighted by Crippen LogP contribution is -2.48. The SMILES string of the molecule is CCC(=O)OCC(O)CN(C(C)=O)C(C)NC. The molecule has 0 fully saturated rings. The maximum atomic E-state index is 11.3. The molecule has 0 bridgehead atoms. The summed E-state index contributed by atoms with van der Waals surface area (Å²) in [6, 6.07) is 0. The Labute approximate surface area is 102 Å². The van der Waals surface area contributed by atoms with E-state index in [1.165, 1.54) is 11.8 Å². The Balaban J connectivity index is 4.17. The molecule has 6 nitrogen and oxygen atoms in total. The standard InChI is InChI=1S/C11H22N2O4/c1-5-11(16)17-7-10(15)6-13(9(3)14)8(2)12-4/h8,10,12,15H,5-7H2,1-4H3. The predicted octanol–water partition coefficient (Wildman–Crippen LogP) is -0.286. The van der Waals surface area contributed by atoms with E-state index in [0.717, 1.165) is 0 Å². The van der Waals surface area contributed by atoms with E-state index < -0.39 is 6.10 Å². The molecule has 0 radical (unpaired) electrons. The lowest BCUT2D eigenvalue weighted by Gasteiger charge is -2.29. The smallest absolute Gasteiger partial charge is 0.305 e. The van der Waals surface area contributed by atoms with Crippen molar-refractivity contribution in [3.05, 3.63) is 0 Å². The third kappa shape index (κ3) is 6.23. The first kappa shape index (κ1) is 15.9. The normalized spacial score (nSPS) is 13.9. The van der Waals surface area contributed by atoms with Gasteiger partial charge in [0.25, 0.3) is 0 Å². The zero-order valence-electron chi connectivity index (χ0n) is 10.9. The Morgan fingerprint density at radius 1 is 1.47 bits per heavy atom. The van der Waals surface area contributed by atoms with Crippen molar-refractivity contribution in [2.45, 2.75) is 39.5 Å². The van der Waals surface area contributed by atoms with E-state index in [1.54, 1.807) is 14.0 Å². The Morgan fingerprint density at radius 3 is 2.47 bits per heavy atom. The number of aliphatic hydroxyl groups excluding tert-OH is 1. The Kier molecular flexibility index (Phi) is 7.49. The van der Waals surface area contributed by atoms with Crippen molar-refractivity contribution in [3.63, 3.8) is 0 Å². The van der Waals surface area contributed by atoms with Crippen LogP contribution in [0.25, 0.3) is 0 Å². The van der Waals surface area contributed by atoms with Crippen molar-refractivity contribution >= 4 is 11.9 Å². The van der Waals surface area contributed by atoms with Crippen LogP contribution in [0.4, 0.5) is 0 Å². The van der Waals surface area contributed by atoms with Crippen molar-refractivity contribution in [2.24, 2.45) is 0 Å². The van der Waals surface area contributed by atoms with Gasteiger partial charge in [0.15, 0.2) is 0 Å². The number of rotatable bonds is 7. The number of hydrogen-bond acceptors (Lipinski definition) is 5. The Hall–Kier alpha value is -1.14. The summed E-state index contributed by atoms with van der Waals surface area (Å²) < 4.78 is 4.80. The fourth-order valence-electron chi connectivity index (χ4n) is 1.29. The van der Waals surface area contributed by atoms with E-state index in [-0.39, 0.29) is 37.6 Å². The van der Waals surface area contributed by atoms with Crippen LogP contribution in [0, 0.1) is 0 Å². The number of esters is 1. The van der Waals surface area contributed by atoms with Gasteiger partial charge in [-0.3, -0.25) is 9.59 Å². The molecule has 0 aliphatic carbocycles. The monoisotopic (exact) mass is 246 g/mol. The summed E-state index contributed by atoms with van der Waals surface area (Å²) in [4.78, 5) is 23.7. The molecule has 0 aromatic carbocycles. The van der Waals surface area contributed by atoms with Crippen molar-refractivity contribution < 1.29 is 19.4 Å². The first-order chi connectivity index (χ1) is 7.92. The van der Waals surface area contributed by atoms with Gasteiger partial charge >= 0.3 is 5.97 Å². The molecule has 0 saturated carbocycles. The minimum atomic E-state index is -0.870. The van der Waals surface area contributed by atoms with Gasteiger partial charge in [0, 0.05) is 13.3 Å². The maximum absolute atomic E-state index is 11.3. The molecule has 0 aliphatic rings. The summed E-state index contributed by atoms with van der Waals surface area (Å²) in [5.74, 6) is -0.507. The number of carbonyl (C=O) groups is 2. The van der Waals surface area contributed by atoms with E-state index in [2.05, 4.69) is 5.32 Å². The highest BCUT2D eigenvalue weighted by Gasteiger charge is 2.19. The molecule has 0 aromatic rings. The van der Waals surface area contributed by atoms with Gasteiger partial charge in [-0.25, -0.2) is 0 Å². The second-order valence-corrected chi connectivity index (χ2v) is 3.83. The van der Waals surface area contributed by atoms with E-state index in [0.29, 0.717) is 0 Å². The number of nitrogens with zero attached hydrogens (tertiary/aromatic N) is 1. The van der Waals surface area contributed by atoms with Crippen LogP contribution in [0.2, 0.25) is 0 Å². The number of hydrogen-bond donors (Lipinski definition) is 2. The molecule has 0 aromatic heterocycles. The Morgan fingerprint density at radius 2 is 2.06 bits per heavy atom. The maximum Gasteiger partial charge on any atom is 0.305 e. The summed E-state index contributed by atoms with van der Waals surface area (Å²) in [6.07, 6.45) is -0.773. The molecule has 6 heteroatoms. The summed E-state index contributed by atoms with van der Waals surface area (Å²) >= 11 is 0. The van der Waals surface area contributed by atoms with Gasteiger partial charge in [0.05, 0.1) is 12.7 Å². The minimum Gasteiger partial charge on any atom is -0.463 e. The number of carbonyl (C=O) groups excluding carboxylic acids is 2. The first-order valence-electron chi connectivity index (χ1n) is 5.70. The van der Waals surface area contributed by atoms with Gasteiger partial charge in [-0.1, -0.05) is 6.92 Å². The van der Waals surface area contributed by atoms with Crippen molar-refractivity contribution in [1.82, 2.24) is 10.2 Å². The summed E-state index contributed by atoms with van der Waals surface area (Å²) in [7, 11) is 1.73. The van der Waals surface area contributed by atoms with Crippen LogP contribution in [-0.2, 0) is 14.3 Å². The zero-order valence-corrected chi connectivity index (χ0v) is 10.9. The first-order valence-corrected chi connectivity index (χ1v) is 5.70. The number of aliphatic hydroxyl groups is 1. The lowest BCUT2D eigenvalue weighted by atomic mass is 10.3. The number of amides is 1. The molecule has 100 valence electrons. The van der Waals surface area contributed by atoms with Crippen LogP contribution in [0.3, 0.4) is 0 Å². The van der Waals surface area contributed by atoms with Gasteiger partial charge in [-0.2, -0.15) is 0 Å². The minimum absolute atomic E-state index is 0.0904. The van der Waals surface area contributed by atoms with Crippen molar-refractivity contribution in [1.29, 1.82) is 0 Å². The third-order valence-electron chi connectivity index (χ3n) is 2.42. The largest absolute Gasteiger partial charge is 0.463 e. The van der Waals surface area contributed by atoms with Gasteiger partial charge in [-0.15, -0.1) is 0 Å². The summed E-state index contributed by atoms with van der Waals surface area (Å²) in [5, 5.41) is 12.6. The molecule has 1 amide bonds. The van der Waals surface area contributed by atoms with Crippen LogP contribution < -0.4 is 5.32 Å². The van der Waals surface area contributed by atoms with Crippen molar-refractivity contribution in [2.75, 3.05) is 20.2 Å². The third-order valence-corrected chi connectivity index (χ3v) is 2.42. The molecule has 0 spiro atoms. The summed E-state index contributed by atoms with van der Waals surface area (Å²) in [5.41, 5.74) is 0. The fraction of sp³-hybridized carbons (Fsp3) is 0.818. The predicted molar refractivity (Wildman–Crippen MR) is 63.2 cm³/mol. The van der Waals surface area contributed by atoms with Crippen LogP contribution in [0.15, 0.2) is 0 Å². The van der Waals surface area contributed by atoms with Crippen LogP contribution in [-0.4, -0.2) is 54.4 Å². The lowest BCUT2D eigenvalue weighted by molar-refractivity contribution is -0.147. The number of ether oxygens (including phenoxy) is 1. The average Bonchev–Trinajstić information content (AvgIpc) is 2.31. The highest BCUT2D eigenvalue weighted by atomic mass is 16.5. The molecular weight excluding hydrogens is 224 g/mol. The van der Waals surface area contributed by atoms with Gasteiger partial charge in [-0.05, 0) is 14.0 Å². The molecule has 0 heterocycles. The molecule has 2 unspecified atom stereocenters. The highest BCUT2D eigenvalue weighted by Crippen LogP contribution is 2.00. The van der Waals surface area contributed by atoms with E-state index in [1.807, 2.05) is 6.92 Å². The van der Waals surface area contributed by atoms with E-state index >= 15 is 0 Å². The molecular formula is C11H22N2O4. The molecule has 0 rings (SSSR count). The molecule has 2 N–H and O–H groups in total. The van der Waals surface area contributed by atoms with E-state index in [9.17, 15) is 14.7 Å². The second-order valence-electron chi connectivity index (χ2n) is 3.83. The molecule has 0 saturated heterocycles. The van der Waals surface area contributed by atoms with Crippen molar-refractivity contribution in [3.8, 4) is 0 Å². The van der Waals surface area contributed by atoms with Gasteiger partial charge in [0.1, 0.15) is 12.7 Å². The molecule has 17 heavy (non-hydrogen) atoms. The fourth-order valence-corrected chi connectivity index (χ4v) is 1.29. The van der Waals surface area contributed by atoms with E-state index in [4.69, 9.17) is 4.74 Å². The molecule has 0 aliphatic heterocycles. The number of nitrogens with one attached hydrogen (secondary N) is 1. The van der Waals surface area contributed by atoms with Crippen LogP contribution in [0.5, 0.6) is 0 Å². The van der Waals surface area contributed by atoms with Gasteiger partial charge in [0.2, 0.25) is 5.91 Å². The summed E-state index contributed by atoms with van der Waals surface area (Å²) in [6.45, 7) is 4.96. The highest BCUT2D eigenvalue weighted by molar-refractivity contribution is 5.73. The zero-order chi connectivity index (χ0) is 13.4. The molecule has 2 atom stereocenters. The second kappa shape index (κ2) is 8.03. The van der Waals surface area contributed by atoms with Crippen LogP contribution in [0.1, 0.15) is 27.2 Å². The van der Waals surface area contributed by atoms with Crippen LogP contribution >= 0.6 is 0 Å². The quantitative estimate of drug-likeness (QED) is 0.477. The average molecular weight is 246 g/mol. The van der Waals surface area contributed by atoms with Gasteiger partial charge < -0.3 is 20.1 Å². The Bertz CT molecular complexity index is 258. The topological polar surface area (TPSA) is 78.9 Å².